The van der Waals surface area contributed by atoms with Gasteiger partial charge < -0.3 is 4.74 Å². The average Bonchev–Trinajstić information content (AvgIpc) is 2.16. The van der Waals surface area contributed by atoms with E-state index in [1.165, 1.54) is 0 Å². The maximum Gasteiger partial charge on any atom is 0.230 e. The van der Waals surface area contributed by atoms with Gasteiger partial charge in [-0.15, -0.1) is 0 Å². The van der Waals surface area contributed by atoms with Crippen LogP contribution in [0.25, 0.3) is 0 Å². The summed E-state index contributed by atoms with van der Waals surface area (Å²) in [5.74, 6) is 0.0113. The van der Waals surface area contributed by atoms with Crippen LogP contribution in [0.3, 0.4) is 0 Å². The Kier molecular flexibility index (Phi) is 3.02. The normalized spacial score (nSPS) is 29.6. The molecule has 2 saturated heterocycles. The van der Waals surface area contributed by atoms with Gasteiger partial charge in [-0.05, 0) is 24.2 Å². The van der Waals surface area contributed by atoms with Crippen molar-refractivity contribution >= 4 is 11.8 Å². The van der Waals surface area contributed by atoms with E-state index < -0.39 is 0 Å². The highest BCUT2D eigenvalue weighted by Gasteiger charge is 2.50. The molecular weight excluding hydrogens is 206 g/mol. The second kappa shape index (κ2) is 4.17. The Morgan fingerprint density at radius 1 is 1.31 bits per heavy atom. The Balaban J connectivity index is 2.29. The highest BCUT2D eigenvalue weighted by Crippen LogP contribution is 2.46. The predicted octanol–water partition coefficient (Wildman–Crippen LogP) is 1.10. The minimum absolute atomic E-state index is 0.0471. The molecule has 0 aromatic carbocycles. The molecule has 90 valence electrons. The first-order valence-electron chi connectivity index (χ1n) is 5.97. The zero-order valence-corrected chi connectivity index (χ0v) is 9.91. The molecule has 4 heteroatoms. The van der Waals surface area contributed by atoms with Gasteiger partial charge in [-0.3, -0.25) is 14.9 Å². The predicted molar refractivity (Wildman–Crippen MR) is 58.6 cm³/mol. The number of rotatable bonds is 1. The molecule has 16 heavy (non-hydrogen) atoms. The lowest BCUT2D eigenvalue weighted by molar-refractivity contribution is -0.151. The van der Waals surface area contributed by atoms with E-state index in [-0.39, 0.29) is 29.1 Å². The number of hydrogen-bond donors (Lipinski definition) is 1. The van der Waals surface area contributed by atoms with E-state index in [9.17, 15) is 9.59 Å². The smallest absolute Gasteiger partial charge is 0.230 e. The first-order chi connectivity index (χ1) is 7.55. The van der Waals surface area contributed by atoms with Crippen molar-refractivity contribution in [3.05, 3.63) is 0 Å². The van der Waals surface area contributed by atoms with E-state index in [1.54, 1.807) is 0 Å². The van der Waals surface area contributed by atoms with Crippen molar-refractivity contribution in [1.29, 1.82) is 0 Å². The molecule has 1 spiro atoms. The van der Waals surface area contributed by atoms with Gasteiger partial charge in [0.15, 0.2) is 0 Å². The maximum atomic E-state index is 11.9. The lowest BCUT2D eigenvalue weighted by atomic mass is 9.62. The molecule has 2 fully saturated rings. The molecule has 1 atom stereocenters. The van der Waals surface area contributed by atoms with Crippen LogP contribution in [0.5, 0.6) is 0 Å². The summed E-state index contributed by atoms with van der Waals surface area (Å²) < 4.78 is 5.35. The molecule has 0 aromatic heterocycles. The summed E-state index contributed by atoms with van der Waals surface area (Å²) in [7, 11) is 0. The standard InChI is InChI=1S/C12H19NO3/c1-8(2)10-11(15)13-9(14)7-12(10)3-5-16-6-4-12/h8,10H,3-7H2,1-2H3,(H,13,14,15). The number of carbonyl (C=O) groups excluding carboxylic acids is 2. The van der Waals surface area contributed by atoms with Crippen molar-refractivity contribution in [2.24, 2.45) is 17.3 Å². The summed E-state index contributed by atoms with van der Waals surface area (Å²) in [6.45, 7) is 5.45. The zero-order valence-electron chi connectivity index (χ0n) is 9.91. The molecule has 0 radical (unpaired) electrons. The highest BCUT2D eigenvalue weighted by atomic mass is 16.5. The summed E-state index contributed by atoms with van der Waals surface area (Å²) in [5, 5.41) is 2.46. The van der Waals surface area contributed by atoms with E-state index in [4.69, 9.17) is 4.74 Å². The second-order valence-electron chi connectivity index (χ2n) is 5.29. The molecular formula is C12H19NO3. The van der Waals surface area contributed by atoms with Crippen molar-refractivity contribution in [3.8, 4) is 0 Å². The SMILES string of the molecule is CC(C)C1C(=O)NC(=O)CC12CCOCC2. The number of hydrogen-bond acceptors (Lipinski definition) is 3. The number of nitrogens with one attached hydrogen (secondary N) is 1. The van der Waals surface area contributed by atoms with Crippen LogP contribution in [0.15, 0.2) is 0 Å². The third-order valence-electron chi connectivity index (χ3n) is 3.87. The Morgan fingerprint density at radius 2 is 1.94 bits per heavy atom. The monoisotopic (exact) mass is 225 g/mol. The minimum atomic E-state index is -0.147. The van der Waals surface area contributed by atoms with Crippen LogP contribution < -0.4 is 5.32 Å². The van der Waals surface area contributed by atoms with E-state index in [0.717, 1.165) is 12.8 Å². The number of carbonyl (C=O) groups is 2. The lowest BCUT2D eigenvalue weighted by Gasteiger charge is -2.46. The molecule has 0 aliphatic carbocycles. The quantitative estimate of drug-likeness (QED) is 0.680. The molecule has 4 nitrogen and oxygen atoms in total. The number of amides is 2. The Morgan fingerprint density at radius 3 is 2.50 bits per heavy atom. The summed E-state index contributed by atoms with van der Waals surface area (Å²) in [6.07, 6.45) is 2.13. The van der Waals surface area contributed by atoms with E-state index in [1.807, 2.05) is 0 Å². The molecule has 1 unspecified atom stereocenters. The molecule has 0 bridgehead atoms. The molecule has 0 aromatic rings. The van der Waals surface area contributed by atoms with Gasteiger partial charge in [0.25, 0.3) is 0 Å². The van der Waals surface area contributed by atoms with Gasteiger partial charge in [-0.25, -0.2) is 0 Å². The van der Waals surface area contributed by atoms with Crippen LogP contribution in [0.4, 0.5) is 0 Å². The average molecular weight is 225 g/mol. The summed E-state index contributed by atoms with van der Waals surface area (Å²) in [4.78, 5) is 23.5. The van der Waals surface area contributed by atoms with Crippen molar-refractivity contribution < 1.29 is 14.3 Å². The summed E-state index contributed by atoms with van der Waals surface area (Å²) >= 11 is 0. The van der Waals surface area contributed by atoms with Crippen molar-refractivity contribution in [3.63, 3.8) is 0 Å². The fraction of sp³-hybridized carbons (Fsp3) is 0.833. The van der Waals surface area contributed by atoms with Crippen LogP contribution in [0, 0.1) is 17.3 Å². The number of ether oxygens (including phenoxy) is 1. The maximum absolute atomic E-state index is 11.9. The van der Waals surface area contributed by atoms with Crippen molar-refractivity contribution in [1.82, 2.24) is 5.32 Å². The molecule has 2 aliphatic heterocycles. The zero-order chi connectivity index (χ0) is 11.8. The molecule has 2 aliphatic rings. The van der Waals surface area contributed by atoms with Crippen LogP contribution in [-0.4, -0.2) is 25.0 Å². The lowest BCUT2D eigenvalue weighted by Crippen LogP contribution is -2.55. The first-order valence-corrected chi connectivity index (χ1v) is 5.97. The van der Waals surface area contributed by atoms with Gasteiger partial charge in [0, 0.05) is 25.6 Å². The van der Waals surface area contributed by atoms with Gasteiger partial charge in [0.05, 0.1) is 0 Å². The third-order valence-corrected chi connectivity index (χ3v) is 3.87. The number of imide groups is 1. The summed E-state index contributed by atoms with van der Waals surface area (Å²) in [6, 6.07) is 0. The van der Waals surface area contributed by atoms with Gasteiger partial charge in [0.1, 0.15) is 0 Å². The minimum Gasteiger partial charge on any atom is -0.381 e. The fourth-order valence-electron chi connectivity index (χ4n) is 3.24. The van der Waals surface area contributed by atoms with Crippen molar-refractivity contribution in [2.45, 2.75) is 33.1 Å². The molecule has 0 saturated carbocycles. The third kappa shape index (κ3) is 1.86. The van der Waals surface area contributed by atoms with Crippen LogP contribution in [0.1, 0.15) is 33.1 Å². The Labute approximate surface area is 95.7 Å². The fourth-order valence-corrected chi connectivity index (χ4v) is 3.24. The molecule has 1 N–H and O–H groups in total. The summed E-state index contributed by atoms with van der Waals surface area (Å²) in [5.41, 5.74) is -0.147. The van der Waals surface area contributed by atoms with E-state index in [2.05, 4.69) is 19.2 Å². The van der Waals surface area contributed by atoms with Crippen LogP contribution in [-0.2, 0) is 14.3 Å². The van der Waals surface area contributed by atoms with Crippen LogP contribution in [0.2, 0.25) is 0 Å². The van der Waals surface area contributed by atoms with Gasteiger partial charge in [0.2, 0.25) is 11.8 Å². The molecule has 2 rings (SSSR count). The highest BCUT2D eigenvalue weighted by molar-refractivity contribution is 5.99. The van der Waals surface area contributed by atoms with Crippen molar-refractivity contribution in [2.75, 3.05) is 13.2 Å². The van der Waals surface area contributed by atoms with Gasteiger partial charge in [-0.2, -0.15) is 0 Å². The topological polar surface area (TPSA) is 55.4 Å². The second-order valence-corrected chi connectivity index (χ2v) is 5.29. The van der Waals surface area contributed by atoms with Gasteiger partial charge >= 0.3 is 0 Å². The first kappa shape index (κ1) is 11.6. The van der Waals surface area contributed by atoms with Crippen LogP contribution >= 0.6 is 0 Å². The van der Waals surface area contributed by atoms with E-state index in [0.29, 0.717) is 19.6 Å². The van der Waals surface area contributed by atoms with E-state index >= 15 is 0 Å². The number of piperidine rings is 1. The largest absolute Gasteiger partial charge is 0.381 e. The van der Waals surface area contributed by atoms with Gasteiger partial charge in [-0.1, -0.05) is 13.8 Å². The molecule has 2 heterocycles. The Bertz CT molecular complexity index is 305. The Hall–Kier alpha value is -0.900. The molecule has 2 amide bonds.